The fourth-order valence-electron chi connectivity index (χ4n) is 2.58. The van der Waals surface area contributed by atoms with Crippen molar-refractivity contribution in [3.8, 4) is 5.88 Å². The number of amides is 1. The molecule has 0 bridgehead atoms. The summed E-state index contributed by atoms with van der Waals surface area (Å²) in [7, 11) is 0. The molecular weight excluding hydrogens is 352 g/mol. The Bertz CT molecular complexity index is 785. The van der Waals surface area contributed by atoms with Crippen LogP contribution in [0.4, 0.5) is 4.79 Å². The maximum Gasteiger partial charge on any atom is 0.410 e. The number of pyridine rings is 1. The highest BCUT2D eigenvalue weighted by Crippen LogP contribution is 2.29. The monoisotopic (exact) mass is 374 g/mol. The molecule has 2 aromatic rings. The summed E-state index contributed by atoms with van der Waals surface area (Å²) in [5.41, 5.74) is 1.46. The minimum absolute atomic E-state index is 0.301. The minimum Gasteiger partial charge on any atom is -0.474 e. The van der Waals surface area contributed by atoms with Crippen LogP contribution in [0.2, 0.25) is 0 Å². The van der Waals surface area contributed by atoms with Crippen molar-refractivity contribution in [1.29, 1.82) is 0 Å². The maximum atomic E-state index is 12.2. The molecule has 0 saturated heterocycles. The molecule has 0 N–H and O–H groups in total. The zero-order valence-electron chi connectivity index (χ0n) is 15.1. The normalized spacial score (nSPS) is 16.5. The van der Waals surface area contributed by atoms with E-state index in [2.05, 4.69) is 10.1 Å². The molecule has 0 aromatic carbocycles. The fourth-order valence-corrected chi connectivity index (χ4v) is 3.35. The number of ether oxygens (including phenoxy) is 2. The predicted molar refractivity (Wildman–Crippen MR) is 96.9 cm³/mol. The lowest BCUT2D eigenvalue weighted by Crippen LogP contribution is -2.33. The van der Waals surface area contributed by atoms with Crippen LogP contribution in [-0.4, -0.2) is 36.9 Å². The smallest absolute Gasteiger partial charge is 0.410 e. The van der Waals surface area contributed by atoms with Gasteiger partial charge in [-0.05, 0) is 39.7 Å². The van der Waals surface area contributed by atoms with Crippen molar-refractivity contribution < 1.29 is 14.3 Å². The summed E-state index contributed by atoms with van der Waals surface area (Å²) in [6, 6.07) is 3.87. The Morgan fingerprint density at radius 2 is 2.08 bits per heavy atom. The van der Waals surface area contributed by atoms with Crippen LogP contribution in [0, 0.1) is 0 Å². The molecule has 1 amide bonds. The molecule has 0 atom stereocenters. The van der Waals surface area contributed by atoms with E-state index in [1.165, 1.54) is 11.9 Å². The van der Waals surface area contributed by atoms with Crippen LogP contribution in [0.3, 0.4) is 0 Å². The number of hydrogen-bond acceptors (Lipinski definition) is 6. The minimum atomic E-state index is -0.491. The third-order valence-corrected chi connectivity index (χ3v) is 4.76. The van der Waals surface area contributed by atoms with Crippen molar-refractivity contribution in [2.24, 2.45) is 0 Å². The Labute approximate surface area is 156 Å². The first-order chi connectivity index (χ1) is 12.4. The van der Waals surface area contributed by atoms with Gasteiger partial charge in [0.2, 0.25) is 5.88 Å². The first-order valence-corrected chi connectivity index (χ1v) is 9.49. The average molecular weight is 374 g/mol. The number of fused-ring (bicyclic) bond motifs is 1. The second kappa shape index (κ2) is 6.50. The highest BCUT2D eigenvalue weighted by Gasteiger charge is 2.30. The molecule has 2 aromatic heterocycles. The van der Waals surface area contributed by atoms with E-state index in [-0.39, 0.29) is 6.09 Å². The Morgan fingerprint density at radius 1 is 1.27 bits per heavy atom. The van der Waals surface area contributed by atoms with Crippen LogP contribution >= 0.6 is 11.9 Å². The van der Waals surface area contributed by atoms with Crippen LogP contribution < -0.4 is 4.74 Å². The summed E-state index contributed by atoms with van der Waals surface area (Å²) in [6.45, 7) is 6.60. The predicted octanol–water partition coefficient (Wildman–Crippen LogP) is 3.63. The fraction of sp³-hybridized carbons (Fsp3) is 0.500. The highest BCUT2D eigenvalue weighted by molar-refractivity contribution is 7.97. The van der Waals surface area contributed by atoms with Crippen molar-refractivity contribution in [3.05, 3.63) is 35.8 Å². The largest absolute Gasteiger partial charge is 0.474 e. The van der Waals surface area contributed by atoms with E-state index in [1.54, 1.807) is 11.1 Å². The number of carbonyl (C=O) groups excluding carboxylic acids is 1. The standard InChI is InChI=1S/C18H22N4O3S/c1-18(2,3)25-17(23)21-9-12-10-22(20-15(12)11-21)26-14-6-7-16(19-8-14)24-13-4-5-13/h6-8,10,13H,4-5,9,11H2,1-3H3. The van der Waals surface area contributed by atoms with Gasteiger partial charge in [0, 0.05) is 40.9 Å². The summed E-state index contributed by atoms with van der Waals surface area (Å²) in [5.74, 6) is 0.674. The summed E-state index contributed by atoms with van der Waals surface area (Å²) in [5, 5.41) is 4.57. The maximum absolute atomic E-state index is 12.2. The topological polar surface area (TPSA) is 69.5 Å². The molecule has 0 spiro atoms. The molecule has 8 heteroatoms. The Hall–Kier alpha value is -2.22. The lowest BCUT2D eigenvalue weighted by atomic mass is 10.2. The van der Waals surface area contributed by atoms with E-state index in [4.69, 9.17) is 9.47 Å². The van der Waals surface area contributed by atoms with E-state index in [0.717, 1.165) is 29.0 Å². The zero-order valence-corrected chi connectivity index (χ0v) is 16.0. The van der Waals surface area contributed by atoms with E-state index >= 15 is 0 Å². The van der Waals surface area contributed by atoms with Gasteiger partial charge in [0.25, 0.3) is 0 Å². The van der Waals surface area contributed by atoms with E-state index in [1.807, 2.05) is 43.2 Å². The van der Waals surface area contributed by atoms with Crippen LogP contribution in [0.15, 0.2) is 29.4 Å². The van der Waals surface area contributed by atoms with Crippen LogP contribution in [0.25, 0.3) is 0 Å². The number of carbonyl (C=O) groups is 1. The SMILES string of the molecule is CC(C)(C)OC(=O)N1Cc2cn(Sc3ccc(OC4CC4)nc3)nc2C1. The van der Waals surface area contributed by atoms with Gasteiger partial charge < -0.3 is 9.47 Å². The van der Waals surface area contributed by atoms with Gasteiger partial charge in [-0.1, -0.05) is 0 Å². The first-order valence-electron chi connectivity index (χ1n) is 8.72. The number of rotatable bonds is 4. The van der Waals surface area contributed by atoms with Crippen molar-refractivity contribution in [3.63, 3.8) is 0 Å². The highest BCUT2D eigenvalue weighted by atomic mass is 32.2. The van der Waals surface area contributed by atoms with Gasteiger partial charge in [-0.25, -0.2) is 13.9 Å². The summed E-state index contributed by atoms with van der Waals surface area (Å²) < 4.78 is 12.9. The third kappa shape index (κ3) is 4.12. The van der Waals surface area contributed by atoms with Gasteiger partial charge in [0.1, 0.15) is 11.7 Å². The molecule has 7 nitrogen and oxygen atoms in total. The molecule has 4 rings (SSSR count). The number of nitrogens with zero attached hydrogens (tertiary/aromatic N) is 4. The summed E-state index contributed by atoms with van der Waals surface area (Å²) in [6.07, 6.45) is 6.05. The molecule has 1 saturated carbocycles. The van der Waals surface area contributed by atoms with Gasteiger partial charge in [-0.3, -0.25) is 4.90 Å². The molecule has 1 aliphatic carbocycles. The Kier molecular flexibility index (Phi) is 4.30. The molecule has 26 heavy (non-hydrogen) atoms. The van der Waals surface area contributed by atoms with Gasteiger partial charge in [-0.2, -0.15) is 5.10 Å². The lowest BCUT2D eigenvalue weighted by Gasteiger charge is -2.24. The summed E-state index contributed by atoms with van der Waals surface area (Å²) in [4.78, 5) is 19.1. The number of hydrogen-bond donors (Lipinski definition) is 0. The third-order valence-electron chi connectivity index (χ3n) is 3.93. The van der Waals surface area contributed by atoms with Crippen molar-refractivity contribution in [2.45, 2.75) is 63.3 Å². The molecule has 0 unspecified atom stereocenters. The summed E-state index contributed by atoms with van der Waals surface area (Å²) >= 11 is 1.49. The van der Waals surface area contributed by atoms with E-state index in [9.17, 15) is 4.79 Å². The van der Waals surface area contributed by atoms with Crippen molar-refractivity contribution in [2.75, 3.05) is 0 Å². The van der Waals surface area contributed by atoms with Gasteiger partial charge in [0.15, 0.2) is 0 Å². The van der Waals surface area contributed by atoms with Crippen LogP contribution in [0.5, 0.6) is 5.88 Å². The Balaban J connectivity index is 1.35. The molecule has 138 valence electrons. The molecular formula is C18H22N4O3S. The molecule has 2 aliphatic rings. The van der Waals surface area contributed by atoms with Crippen molar-refractivity contribution in [1.82, 2.24) is 19.1 Å². The second-order valence-electron chi connectivity index (χ2n) is 7.58. The van der Waals surface area contributed by atoms with Gasteiger partial charge >= 0.3 is 6.09 Å². The van der Waals surface area contributed by atoms with E-state index < -0.39 is 5.60 Å². The lowest BCUT2D eigenvalue weighted by molar-refractivity contribution is 0.0239. The van der Waals surface area contributed by atoms with Crippen LogP contribution in [-0.2, 0) is 17.8 Å². The van der Waals surface area contributed by atoms with Gasteiger partial charge in [0.05, 0.1) is 18.8 Å². The molecule has 1 aliphatic heterocycles. The first kappa shape index (κ1) is 17.2. The van der Waals surface area contributed by atoms with Gasteiger partial charge in [-0.15, -0.1) is 0 Å². The van der Waals surface area contributed by atoms with E-state index in [0.29, 0.717) is 25.1 Å². The molecule has 0 radical (unpaired) electrons. The Morgan fingerprint density at radius 3 is 2.69 bits per heavy atom. The average Bonchev–Trinajstić information content (AvgIpc) is 3.14. The molecule has 3 heterocycles. The quantitative estimate of drug-likeness (QED) is 0.814. The van der Waals surface area contributed by atoms with Crippen molar-refractivity contribution >= 4 is 18.0 Å². The second-order valence-corrected chi connectivity index (χ2v) is 8.61. The molecule has 1 fully saturated rings. The van der Waals surface area contributed by atoms with Crippen LogP contribution in [0.1, 0.15) is 44.9 Å². The zero-order chi connectivity index (χ0) is 18.3. The number of aromatic nitrogens is 3.